The monoisotopic (exact) mass is 160 g/mol. The van der Waals surface area contributed by atoms with Gasteiger partial charge in [0.1, 0.15) is 12.4 Å². The number of rotatable bonds is 1. The molecule has 0 aliphatic carbocycles. The molecule has 4 nitrogen and oxygen atoms in total. The van der Waals surface area contributed by atoms with E-state index in [1.165, 1.54) is 19.5 Å². The lowest BCUT2D eigenvalue weighted by Gasteiger charge is -2.00. The van der Waals surface area contributed by atoms with Crippen molar-refractivity contribution in [2.75, 3.05) is 7.11 Å². The molecule has 0 N–H and O–H groups in total. The average Bonchev–Trinajstić information content (AvgIpc) is 1.95. The van der Waals surface area contributed by atoms with Gasteiger partial charge in [0.2, 0.25) is 0 Å². The molecule has 0 aromatic carbocycles. The minimum atomic E-state index is -0.000602. The van der Waals surface area contributed by atoms with Crippen LogP contribution in [0.5, 0.6) is 5.88 Å². The fraction of sp³-hybridized carbons (Fsp3) is 0.200. The van der Waals surface area contributed by atoms with Gasteiger partial charge in [0.05, 0.1) is 7.11 Å². The van der Waals surface area contributed by atoms with E-state index in [2.05, 4.69) is 9.72 Å². The molecule has 10 heavy (non-hydrogen) atoms. The standard InChI is InChI=1S/C5H5ClN2O2/c1-10-5-3-7-2-4(6)8(5)9/h2-3H,1H3. The molecule has 0 saturated carbocycles. The lowest BCUT2D eigenvalue weighted by Crippen LogP contribution is -2.29. The molecule has 0 unspecified atom stereocenters. The van der Waals surface area contributed by atoms with E-state index in [0.717, 1.165) is 0 Å². The molecule has 5 heteroatoms. The number of nitrogens with zero attached hydrogens (tertiary/aromatic N) is 2. The molecule has 0 aliphatic rings. The van der Waals surface area contributed by atoms with Crippen LogP contribution in [0.3, 0.4) is 0 Å². The predicted molar refractivity (Wildman–Crippen MR) is 34.8 cm³/mol. The lowest BCUT2D eigenvalue weighted by atomic mass is 10.7. The van der Waals surface area contributed by atoms with Crippen molar-refractivity contribution in [2.45, 2.75) is 0 Å². The van der Waals surface area contributed by atoms with Crippen molar-refractivity contribution >= 4 is 11.6 Å². The smallest absolute Gasteiger partial charge is 0.399 e. The second kappa shape index (κ2) is 2.70. The summed E-state index contributed by atoms with van der Waals surface area (Å²) < 4.78 is 5.08. The Morgan fingerprint density at radius 2 is 2.40 bits per heavy atom. The number of aromatic nitrogens is 2. The number of ether oxygens (including phenoxy) is 1. The van der Waals surface area contributed by atoms with Gasteiger partial charge in [0, 0.05) is 0 Å². The van der Waals surface area contributed by atoms with Gasteiger partial charge >= 0.3 is 11.0 Å². The van der Waals surface area contributed by atoms with E-state index >= 15 is 0 Å². The molecule has 0 bridgehead atoms. The van der Waals surface area contributed by atoms with Gasteiger partial charge in [-0.2, -0.15) is 0 Å². The Labute approximate surface area is 62.6 Å². The van der Waals surface area contributed by atoms with Gasteiger partial charge in [-0.1, -0.05) is 0 Å². The van der Waals surface area contributed by atoms with E-state index in [1.807, 2.05) is 0 Å². The van der Waals surface area contributed by atoms with Crippen LogP contribution in [0.1, 0.15) is 0 Å². The van der Waals surface area contributed by atoms with Crippen LogP contribution in [0.4, 0.5) is 0 Å². The highest BCUT2D eigenvalue weighted by atomic mass is 35.5. The zero-order chi connectivity index (χ0) is 7.56. The summed E-state index contributed by atoms with van der Waals surface area (Å²) >= 11 is 5.40. The third kappa shape index (κ3) is 1.11. The van der Waals surface area contributed by atoms with Crippen molar-refractivity contribution in [3.63, 3.8) is 0 Å². The van der Waals surface area contributed by atoms with Gasteiger partial charge in [0.15, 0.2) is 0 Å². The molecular weight excluding hydrogens is 156 g/mol. The third-order valence-corrected chi connectivity index (χ3v) is 1.22. The maximum absolute atomic E-state index is 10.8. The summed E-state index contributed by atoms with van der Waals surface area (Å²) in [4.78, 5) is 3.64. The Balaban J connectivity index is 3.14. The molecule has 0 radical (unpaired) electrons. The second-order valence-electron chi connectivity index (χ2n) is 1.57. The molecule has 1 heterocycles. The number of hydrogen-bond donors (Lipinski definition) is 0. The van der Waals surface area contributed by atoms with Crippen LogP contribution in [-0.2, 0) is 0 Å². The molecule has 54 valence electrons. The number of hydrogen-bond acceptors (Lipinski definition) is 3. The zero-order valence-electron chi connectivity index (χ0n) is 5.24. The van der Waals surface area contributed by atoms with Crippen LogP contribution < -0.4 is 9.47 Å². The van der Waals surface area contributed by atoms with E-state index in [1.54, 1.807) is 0 Å². The quantitative estimate of drug-likeness (QED) is 0.441. The number of halogens is 1. The Bertz CT molecular complexity index is 241. The first-order chi connectivity index (χ1) is 4.75. The van der Waals surface area contributed by atoms with E-state index in [-0.39, 0.29) is 11.0 Å². The summed E-state index contributed by atoms with van der Waals surface area (Å²) in [6, 6.07) is 0. The second-order valence-corrected chi connectivity index (χ2v) is 1.95. The normalized spacial score (nSPS) is 9.40. The van der Waals surface area contributed by atoms with Gasteiger partial charge in [0.25, 0.3) is 0 Å². The number of methoxy groups -OCH3 is 1. The van der Waals surface area contributed by atoms with Crippen molar-refractivity contribution in [3.05, 3.63) is 22.8 Å². The first-order valence-corrected chi connectivity index (χ1v) is 2.90. The van der Waals surface area contributed by atoms with Gasteiger partial charge in [-0.3, -0.25) is 0 Å². The van der Waals surface area contributed by atoms with Gasteiger partial charge < -0.3 is 9.94 Å². The molecular formula is C5H5ClN2O2. The summed E-state index contributed by atoms with van der Waals surface area (Å²) in [6.07, 6.45) is 2.54. The molecule has 0 spiro atoms. The van der Waals surface area contributed by atoms with Crippen molar-refractivity contribution in [1.82, 2.24) is 4.98 Å². The SMILES string of the molecule is COc1cncc(Cl)[n+]1[O-]. The third-order valence-electron chi connectivity index (χ3n) is 0.969. The van der Waals surface area contributed by atoms with Gasteiger partial charge in [-0.25, -0.2) is 4.98 Å². The van der Waals surface area contributed by atoms with Gasteiger partial charge in [-0.05, 0) is 11.6 Å². The zero-order valence-corrected chi connectivity index (χ0v) is 6.00. The van der Waals surface area contributed by atoms with E-state index in [9.17, 15) is 5.21 Å². The van der Waals surface area contributed by atoms with Crippen molar-refractivity contribution in [1.29, 1.82) is 0 Å². The summed E-state index contributed by atoms with van der Waals surface area (Å²) in [5, 5.41) is 10.8. The molecule has 1 rings (SSSR count). The molecule has 1 aromatic heterocycles. The molecule has 0 atom stereocenters. The van der Waals surface area contributed by atoms with Crippen LogP contribution in [0, 0.1) is 5.21 Å². The molecule has 0 amide bonds. The van der Waals surface area contributed by atoms with E-state index in [0.29, 0.717) is 4.73 Å². The highest BCUT2D eigenvalue weighted by Gasteiger charge is 2.07. The Morgan fingerprint density at radius 3 is 2.90 bits per heavy atom. The molecule has 0 aliphatic heterocycles. The summed E-state index contributed by atoms with van der Waals surface area (Å²) in [5.41, 5.74) is 0. The topological polar surface area (TPSA) is 49.1 Å². The van der Waals surface area contributed by atoms with Crippen molar-refractivity contribution in [2.24, 2.45) is 0 Å². The van der Waals surface area contributed by atoms with Crippen LogP contribution in [-0.4, -0.2) is 12.1 Å². The maximum atomic E-state index is 10.8. The fourth-order valence-electron chi connectivity index (χ4n) is 0.508. The molecule has 0 fully saturated rings. The highest BCUT2D eigenvalue weighted by Crippen LogP contribution is 2.04. The Morgan fingerprint density at radius 1 is 1.70 bits per heavy atom. The van der Waals surface area contributed by atoms with Crippen LogP contribution in [0.15, 0.2) is 12.4 Å². The Hall–Kier alpha value is -1.03. The highest BCUT2D eigenvalue weighted by molar-refractivity contribution is 6.28. The minimum Gasteiger partial charge on any atom is -0.615 e. The first kappa shape index (κ1) is 7.08. The lowest BCUT2D eigenvalue weighted by molar-refractivity contribution is -0.610. The van der Waals surface area contributed by atoms with E-state index < -0.39 is 0 Å². The van der Waals surface area contributed by atoms with Crippen LogP contribution in [0.2, 0.25) is 5.15 Å². The van der Waals surface area contributed by atoms with E-state index in [4.69, 9.17) is 11.6 Å². The average molecular weight is 161 g/mol. The van der Waals surface area contributed by atoms with Crippen LogP contribution in [0.25, 0.3) is 0 Å². The summed E-state index contributed by atoms with van der Waals surface area (Å²) in [6.45, 7) is 0. The first-order valence-electron chi connectivity index (χ1n) is 2.52. The fourth-order valence-corrected chi connectivity index (χ4v) is 0.648. The molecule has 1 aromatic rings. The predicted octanol–water partition coefficient (Wildman–Crippen LogP) is 0.377. The summed E-state index contributed by atoms with van der Waals surface area (Å²) in [5.74, 6) is 0.0903. The Kier molecular flexibility index (Phi) is 1.91. The minimum absolute atomic E-state index is 0.000602. The van der Waals surface area contributed by atoms with Gasteiger partial charge in [-0.15, -0.1) is 4.73 Å². The molecule has 0 saturated heterocycles. The largest absolute Gasteiger partial charge is 0.615 e. The van der Waals surface area contributed by atoms with Crippen molar-refractivity contribution in [3.8, 4) is 5.88 Å². The maximum Gasteiger partial charge on any atom is 0.399 e. The summed E-state index contributed by atoms with van der Waals surface area (Å²) in [7, 11) is 1.38. The van der Waals surface area contributed by atoms with Crippen molar-refractivity contribution < 1.29 is 9.47 Å². The van der Waals surface area contributed by atoms with Crippen LogP contribution >= 0.6 is 11.6 Å².